The number of phenolic OH excluding ortho intramolecular Hbond substituents is 6. The molecule has 10 rings (SSSR count). The zero-order valence-electron chi connectivity index (χ0n) is 39.2. The van der Waals surface area contributed by atoms with Crippen LogP contribution in [0.15, 0.2) is 72.8 Å². The maximum Gasteiger partial charge on any atom is 0.120 e. The van der Waals surface area contributed by atoms with Crippen molar-refractivity contribution in [2.75, 3.05) is 0 Å². The lowest BCUT2D eigenvalue weighted by Gasteiger charge is -2.63. The van der Waals surface area contributed by atoms with Crippen molar-refractivity contribution in [1.29, 1.82) is 0 Å². The van der Waals surface area contributed by atoms with E-state index in [-0.39, 0.29) is 57.2 Å². The molecule has 0 atom stereocenters. The van der Waals surface area contributed by atoms with Gasteiger partial charge in [0.25, 0.3) is 0 Å². The number of aromatic hydroxyl groups is 6. The molecule has 6 N–H and O–H groups in total. The summed E-state index contributed by atoms with van der Waals surface area (Å²) in [6.07, 6.45) is 6.50. The van der Waals surface area contributed by atoms with Gasteiger partial charge in [-0.05, 0) is 256 Å². The molecule has 6 aromatic carbocycles. The summed E-state index contributed by atoms with van der Waals surface area (Å²) in [5, 5.41) is 67.4. The summed E-state index contributed by atoms with van der Waals surface area (Å²) in [5.74, 6) is 1.80. The number of hydrogen-bond acceptors (Lipinski definition) is 6. The molecule has 0 unspecified atom stereocenters. The maximum absolute atomic E-state index is 12.1. The fourth-order valence-corrected chi connectivity index (χ4v) is 13.5. The normalized spacial score (nSPS) is 21.4. The van der Waals surface area contributed by atoms with Crippen molar-refractivity contribution in [2.24, 2.45) is 11.8 Å². The Morgan fingerprint density at radius 2 is 0.594 bits per heavy atom. The molecule has 4 fully saturated rings. The van der Waals surface area contributed by atoms with Crippen molar-refractivity contribution in [1.82, 2.24) is 0 Å². The molecule has 0 saturated heterocycles. The molecule has 0 aromatic heterocycles. The summed E-state index contributed by atoms with van der Waals surface area (Å²) >= 11 is 0. The fraction of sp³-hybridized carbons (Fsp3) is 0.379. The lowest BCUT2D eigenvalue weighted by atomic mass is 9.41. The van der Waals surface area contributed by atoms with E-state index in [1.807, 2.05) is 91.8 Å². The molecule has 6 nitrogen and oxygen atoms in total. The van der Waals surface area contributed by atoms with Crippen LogP contribution in [0, 0.1) is 81.1 Å². The molecule has 0 aliphatic heterocycles. The summed E-state index contributed by atoms with van der Waals surface area (Å²) in [4.78, 5) is 0. The molecule has 6 aromatic rings. The van der Waals surface area contributed by atoms with Gasteiger partial charge in [0.1, 0.15) is 34.5 Å². The van der Waals surface area contributed by atoms with E-state index in [0.29, 0.717) is 11.8 Å². The minimum absolute atomic E-state index is 0.139. The molecule has 4 aliphatic rings. The van der Waals surface area contributed by atoms with Crippen LogP contribution >= 0.6 is 0 Å². The first-order valence-electron chi connectivity index (χ1n) is 23.1. The van der Waals surface area contributed by atoms with Gasteiger partial charge < -0.3 is 30.6 Å². The topological polar surface area (TPSA) is 121 Å². The van der Waals surface area contributed by atoms with Gasteiger partial charge in [-0.2, -0.15) is 0 Å². The minimum atomic E-state index is -0.348. The molecule has 0 heterocycles. The first-order chi connectivity index (χ1) is 30.2. The lowest BCUT2D eigenvalue weighted by molar-refractivity contribution is -0.0287. The smallest absolute Gasteiger partial charge is 0.120 e. The zero-order valence-corrected chi connectivity index (χ0v) is 39.2. The SMILES string of the molecule is Cc1cc(C(c2cc(C)c(O)cc2C)c2cc(C34CC5CC(C3)CC(c3cc(C(c6cc(C)c(O)cc6C)c6cc(C)c(O)cc6C)c(O)cc3C)(C5)C4)c(C)cc2O)c(C)cc1O. The average Bonchev–Trinajstić information content (AvgIpc) is 3.20. The monoisotopic (exact) mass is 856 g/mol. The number of phenols is 6. The van der Waals surface area contributed by atoms with Crippen LogP contribution in [0.3, 0.4) is 0 Å². The van der Waals surface area contributed by atoms with Gasteiger partial charge in [0.15, 0.2) is 0 Å². The molecule has 4 saturated carbocycles. The highest BCUT2D eigenvalue weighted by Crippen LogP contribution is 2.67. The molecular weight excluding hydrogens is 793 g/mol. The van der Waals surface area contributed by atoms with Crippen molar-refractivity contribution in [3.05, 3.63) is 173 Å². The minimum Gasteiger partial charge on any atom is -0.508 e. The second-order valence-electron chi connectivity index (χ2n) is 20.8. The van der Waals surface area contributed by atoms with Crippen molar-refractivity contribution < 1.29 is 30.6 Å². The molecule has 6 heteroatoms. The van der Waals surface area contributed by atoms with Crippen molar-refractivity contribution in [3.8, 4) is 34.5 Å². The van der Waals surface area contributed by atoms with Gasteiger partial charge in [-0.3, -0.25) is 0 Å². The van der Waals surface area contributed by atoms with Gasteiger partial charge in [0.2, 0.25) is 0 Å². The number of benzene rings is 6. The molecule has 0 radical (unpaired) electrons. The first-order valence-corrected chi connectivity index (χ1v) is 23.1. The molecular formula is C58H64O6. The third-order valence-corrected chi connectivity index (χ3v) is 16.2. The fourth-order valence-electron chi connectivity index (χ4n) is 13.5. The van der Waals surface area contributed by atoms with Crippen LogP contribution in [0.1, 0.15) is 151 Å². The Balaban J connectivity index is 1.22. The highest BCUT2D eigenvalue weighted by molar-refractivity contribution is 5.62. The summed E-state index contributed by atoms with van der Waals surface area (Å²) in [6, 6.07) is 24.1. The molecule has 64 heavy (non-hydrogen) atoms. The Hall–Kier alpha value is -5.88. The van der Waals surface area contributed by atoms with Crippen LogP contribution < -0.4 is 0 Å². The largest absolute Gasteiger partial charge is 0.508 e. The highest BCUT2D eigenvalue weighted by Gasteiger charge is 2.59. The van der Waals surface area contributed by atoms with E-state index in [2.05, 4.69) is 50.2 Å². The van der Waals surface area contributed by atoms with E-state index in [9.17, 15) is 30.6 Å². The number of rotatable bonds is 8. The van der Waals surface area contributed by atoms with Crippen molar-refractivity contribution >= 4 is 0 Å². The highest BCUT2D eigenvalue weighted by atomic mass is 16.3. The Labute approximate surface area is 378 Å². The van der Waals surface area contributed by atoms with Crippen LogP contribution in [0.4, 0.5) is 0 Å². The molecule has 332 valence electrons. The third-order valence-electron chi connectivity index (χ3n) is 16.2. The lowest BCUT2D eigenvalue weighted by Crippen LogP contribution is -2.56. The quantitative estimate of drug-likeness (QED) is 0.0848. The van der Waals surface area contributed by atoms with E-state index in [0.717, 1.165) is 121 Å². The molecule has 0 spiro atoms. The van der Waals surface area contributed by atoms with Gasteiger partial charge >= 0.3 is 0 Å². The van der Waals surface area contributed by atoms with Crippen LogP contribution in [0.2, 0.25) is 0 Å². The van der Waals surface area contributed by atoms with Gasteiger partial charge in [0.05, 0.1) is 0 Å². The van der Waals surface area contributed by atoms with E-state index in [4.69, 9.17) is 0 Å². The van der Waals surface area contributed by atoms with E-state index in [1.54, 1.807) is 0 Å². The predicted molar refractivity (Wildman–Crippen MR) is 256 cm³/mol. The first kappa shape index (κ1) is 43.4. The van der Waals surface area contributed by atoms with E-state index in [1.165, 1.54) is 17.5 Å². The summed E-state index contributed by atoms with van der Waals surface area (Å²) in [5.41, 5.74) is 17.0. The summed E-state index contributed by atoms with van der Waals surface area (Å²) in [7, 11) is 0. The van der Waals surface area contributed by atoms with Crippen LogP contribution in [-0.2, 0) is 10.8 Å². The number of hydrogen-bond donors (Lipinski definition) is 6. The van der Waals surface area contributed by atoms with Crippen LogP contribution in [0.25, 0.3) is 0 Å². The van der Waals surface area contributed by atoms with Gasteiger partial charge in [0, 0.05) is 23.0 Å². The number of aryl methyl sites for hydroxylation is 10. The van der Waals surface area contributed by atoms with Gasteiger partial charge in [-0.1, -0.05) is 36.4 Å². The second kappa shape index (κ2) is 15.4. The Morgan fingerprint density at radius 3 is 0.875 bits per heavy atom. The van der Waals surface area contributed by atoms with Gasteiger partial charge in [-0.15, -0.1) is 0 Å². The Bertz CT molecular complexity index is 2580. The second-order valence-corrected chi connectivity index (χ2v) is 20.8. The standard InChI is InChI=1S/C58H64O6/c1-29-15-49(59)35(7)11-41(29)55(42-12-36(8)50(60)16-30(42)2)45-22-47(33(5)19-53(45)63)57-24-39-21-40(25-57)27-58(26-39,28-57)48-23-46(54(64)20-34(48)6)56(43-13-37(9)51(61)17-31(43)3)44-14-38(10)52(62)18-32(44)4/h11-20,22-23,39-40,55-56,59-64H,21,24-28H2,1-10H3. The van der Waals surface area contributed by atoms with Crippen LogP contribution in [-0.4, -0.2) is 30.6 Å². The third kappa shape index (κ3) is 7.00. The zero-order chi connectivity index (χ0) is 45.9. The summed E-state index contributed by atoms with van der Waals surface area (Å²) < 4.78 is 0. The Kier molecular flexibility index (Phi) is 10.4. The van der Waals surface area contributed by atoms with Gasteiger partial charge in [-0.25, -0.2) is 0 Å². The molecule has 4 aliphatic carbocycles. The van der Waals surface area contributed by atoms with Crippen molar-refractivity contribution in [2.45, 2.75) is 130 Å². The maximum atomic E-state index is 12.1. The summed E-state index contributed by atoms with van der Waals surface area (Å²) in [6.45, 7) is 20.1. The molecule has 0 amide bonds. The van der Waals surface area contributed by atoms with Crippen molar-refractivity contribution in [3.63, 3.8) is 0 Å². The van der Waals surface area contributed by atoms with Crippen LogP contribution in [0.5, 0.6) is 34.5 Å². The predicted octanol–water partition coefficient (Wildman–Crippen LogP) is 13.2. The molecule has 4 bridgehead atoms. The Morgan fingerprint density at radius 1 is 0.328 bits per heavy atom. The van der Waals surface area contributed by atoms with E-state index >= 15 is 0 Å². The van der Waals surface area contributed by atoms with E-state index < -0.39 is 0 Å². The average molecular weight is 857 g/mol.